The maximum absolute atomic E-state index is 13.3. The molecule has 150 valence electrons. The topological polar surface area (TPSA) is 104 Å². The predicted molar refractivity (Wildman–Crippen MR) is 102 cm³/mol. The lowest BCUT2D eigenvalue weighted by molar-refractivity contribution is -0.384. The van der Waals surface area contributed by atoms with Gasteiger partial charge in [-0.3, -0.25) is 29.5 Å². The van der Waals surface area contributed by atoms with Crippen LogP contribution in [0.5, 0.6) is 0 Å². The Labute approximate surface area is 163 Å². The summed E-state index contributed by atoms with van der Waals surface area (Å²) in [6.45, 7) is 4.49. The zero-order valence-electron chi connectivity index (χ0n) is 16.5. The van der Waals surface area contributed by atoms with Crippen LogP contribution < -0.4 is 4.90 Å². The molecule has 0 saturated carbocycles. The molecule has 0 radical (unpaired) electrons. The molecule has 2 heterocycles. The molecule has 1 atom stereocenters. The van der Waals surface area contributed by atoms with Gasteiger partial charge in [0.05, 0.1) is 11.0 Å². The van der Waals surface area contributed by atoms with Gasteiger partial charge in [0.15, 0.2) is 5.41 Å². The Hall–Kier alpha value is -2.97. The molecule has 0 aromatic heterocycles. The van der Waals surface area contributed by atoms with Gasteiger partial charge in [0, 0.05) is 44.9 Å². The van der Waals surface area contributed by atoms with Crippen molar-refractivity contribution in [1.82, 2.24) is 9.80 Å². The molecule has 0 bridgehead atoms. The molecular formula is C19H24N4O5. The second-order valence-corrected chi connectivity index (χ2v) is 7.35. The van der Waals surface area contributed by atoms with Gasteiger partial charge in [-0.15, -0.1) is 0 Å². The number of hydrogen-bond donors (Lipinski definition) is 0. The number of carbonyl (C=O) groups is 3. The van der Waals surface area contributed by atoms with Crippen molar-refractivity contribution in [3.05, 3.63) is 33.9 Å². The van der Waals surface area contributed by atoms with Crippen molar-refractivity contribution in [2.75, 3.05) is 25.5 Å². The number of urea groups is 1. The lowest BCUT2D eigenvalue weighted by Gasteiger charge is -2.52. The zero-order valence-corrected chi connectivity index (χ0v) is 16.5. The van der Waals surface area contributed by atoms with Crippen LogP contribution >= 0.6 is 0 Å². The van der Waals surface area contributed by atoms with Crippen LogP contribution in [-0.2, 0) is 16.0 Å². The number of amides is 4. The minimum atomic E-state index is -1.48. The summed E-state index contributed by atoms with van der Waals surface area (Å²) < 4.78 is 0. The Morgan fingerprint density at radius 1 is 1.14 bits per heavy atom. The fourth-order valence-electron chi connectivity index (χ4n) is 4.57. The van der Waals surface area contributed by atoms with E-state index < -0.39 is 34.2 Å². The molecule has 9 heteroatoms. The number of non-ortho nitro benzene ring substituents is 1. The number of nitro benzene ring substituents is 1. The van der Waals surface area contributed by atoms with Gasteiger partial charge in [0.25, 0.3) is 5.69 Å². The molecule has 1 spiro atoms. The van der Waals surface area contributed by atoms with Crippen molar-refractivity contribution in [3.8, 4) is 0 Å². The summed E-state index contributed by atoms with van der Waals surface area (Å²) in [4.78, 5) is 53.6. The summed E-state index contributed by atoms with van der Waals surface area (Å²) in [5.74, 6) is -1.10. The van der Waals surface area contributed by atoms with Gasteiger partial charge in [-0.05, 0) is 24.5 Å². The molecule has 1 aromatic carbocycles. The molecule has 1 aromatic rings. The summed E-state index contributed by atoms with van der Waals surface area (Å²) >= 11 is 0. The summed E-state index contributed by atoms with van der Waals surface area (Å²) in [6.07, 6.45) is 1.32. The third kappa shape index (κ3) is 2.56. The second kappa shape index (κ2) is 6.88. The molecule has 28 heavy (non-hydrogen) atoms. The first-order valence-corrected chi connectivity index (χ1v) is 9.34. The van der Waals surface area contributed by atoms with Crippen LogP contribution in [-0.4, -0.2) is 59.3 Å². The number of carbonyl (C=O) groups excluding carboxylic acids is 3. The van der Waals surface area contributed by atoms with E-state index in [0.29, 0.717) is 18.5 Å². The second-order valence-electron chi connectivity index (χ2n) is 7.35. The quantitative estimate of drug-likeness (QED) is 0.445. The Kier molecular flexibility index (Phi) is 4.86. The minimum absolute atomic E-state index is 0.0301. The first-order chi connectivity index (χ1) is 13.2. The van der Waals surface area contributed by atoms with E-state index in [1.54, 1.807) is 6.07 Å². The van der Waals surface area contributed by atoms with E-state index in [0.717, 1.165) is 21.9 Å². The third-order valence-electron chi connectivity index (χ3n) is 5.80. The predicted octanol–water partition coefficient (Wildman–Crippen LogP) is 2.18. The van der Waals surface area contributed by atoms with E-state index in [9.17, 15) is 24.5 Å². The highest BCUT2D eigenvalue weighted by atomic mass is 16.6. The standard InChI is InChI=1S/C19H24N4O5/c1-5-9-22-14-8-7-13(23(27)28)10-12(14)11-19(15(22)6-2)16(24)20(3)18(26)21(4)17(19)25/h7-8,10,15H,5-6,9,11H2,1-4H3/t15-/m1/s1. The van der Waals surface area contributed by atoms with Crippen molar-refractivity contribution in [1.29, 1.82) is 0 Å². The monoisotopic (exact) mass is 388 g/mol. The zero-order chi connectivity index (χ0) is 20.8. The highest BCUT2D eigenvalue weighted by Gasteiger charge is 2.62. The average Bonchev–Trinajstić information content (AvgIpc) is 2.69. The normalized spacial score (nSPS) is 21.4. The number of nitro groups is 1. The van der Waals surface area contributed by atoms with E-state index in [2.05, 4.69) is 0 Å². The van der Waals surface area contributed by atoms with E-state index in [1.807, 2.05) is 18.7 Å². The number of barbiturate groups is 1. The number of nitrogens with zero attached hydrogens (tertiary/aromatic N) is 4. The summed E-state index contributed by atoms with van der Waals surface area (Å²) in [5, 5.41) is 11.3. The van der Waals surface area contributed by atoms with Crippen molar-refractivity contribution in [2.45, 2.75) is 39.2 Å². The van der Waals surface area contributed by atoms with Crippen LogP contribution in [0.15, 0.2) is 18.2 Å². The van der Waals surface area contributed by atoms with Crippen molar-refractivity contribution in [3.63, 3.8) is 0 Å². The van der Waals surface area contributed by atoms with Crippen LogP contribution in [0.2, 0.25) is 0 Å². The molecular weight excluding hydrogens is 364 g/mol. The van der Waals surface area contributed by atoms with Crippen LogP contribution in [0.1, 0.15) is 32.3 Å². The SMILES string of the molecule is CCCN1c2ccc([N+](=O)[O-])cc2CC2(C(=O)N(C)C(=O)N(C)C2=O)[C@H]1CC. The molecule has 4 amide bonds. The largest absolute Gasteiger partial charge is 0.367 e. The molecule has 3 rings (SSSR count). The van der Waals surface area contributed by atoms with Crippen LogP contribution in [0.3, 0.4) is 0 Å². The Bertz CT molecular complexity index is 844. The van der Waals surface area contributed by atoms with E-state index >= 15 is 0 Å². The van der Waals surface area contributed by atoms with E-state index in [-0.39, 0.29) is 12.1 Å². The Morgan fingerprint density at radius 3 is 2.25 bits per heavy atom. The number of rotatable bonds is 4. The fraction of sp³-hybridized carbons (Fsp3) is 0.526. The van der Waals surface area contributed by atoms with Gasteiger partial charge >= 0.3 is 6.03 Å². The molecule has 2 aliphatic heterocycles. The maximum Gasteiger partial charge on any atom is 0.332 e. The first kappa shape index (κ1) is 19.8. The number of imide groups is 2. The van der Waals surface area contributed by atoms with Crippen LogP contribution in [0.4, 0.5) is 16.2 Å². The van der Waals surface area contributed by atoms with Gasteiger partial charge in [-0.2, -0.15) is 0 Å². The first-order valence-electron chi connectivity index (χ1n) is 9.34. The fourth-order valence-corrected chi connectivity index (χ4v) is 4.57. The van der Waals surface area contributed by atoms with Gasteiger partial charge in [-0.1, -0.05) is 13.8 Å². The highest BCUT2D eigenvalue weighted by Crippen LogP contribution is 2.47. The molecule has 9 nitrogen and oxygen atoms in total. The number of benzene rings is 1. The lowest BCUT2D eigenvalue weighted by atomic mass is 9.67. The maximum atomic E-state index is 13.3. The smallest absolute Gasteiger partial charge is 0.332 e. The average molecular weight is 388 g/mol. The molecule has 1 saturated heterocycles. The van der Waals surface area contributed by atoms with Crippen LogP contribution in [0, 0.1) is 15.5 Å². The summed E-state index contributed by atoms with van der Waals surface area (Å²) in [5.41, 5.74) is -0.199. The van der Waals surface area contributed by atoms with Crippen molar-refractivity contribution < 1.29 is 19.3 Å². The van der Waals surface area contributed by atoms with Gasteiger partial charge < -0.3 is 4.90 Å². The van der Waals surface area contributed by atoms with Gasteiger partial charge in [-0.25, -0.2) is 4.79 Å². The van der Waals surface area contributed by atoms with Gasteiger partial charge in [0.1, 0.15) is 0 Å². The Balaban J connectivity index is 2.25. The third-order valence-corrected chi connectivity index (χ3v) is 5.80. The van der Waals surface area contributed by atoms with E-state index in [1.165, 1.54) is 26.2 Å². The van der Waals surface area contributed by atoms with Crippen LogP contribution in [0.25, 0.3) is 0 Å². The molecule has 1 fully saturated rings. The molecule has 0 unspecified atom stereocenters. The molecule has 0 N–H and O–H groups in total. The van der Waals surface area contributed by atoms with Gasteiger partial charge in [0.2, 0.25) is 11.8 Å². The summed E-state index contributed by atoms with van der Waals surface area (Å²) in [7, 11) is 2.74. The highest BCUT2D eigenvalue weighted by molar-refractivity contribution is 6.20. The number of anilines is 1. The molecule has 2 aliphatic rings. The van der Waals surface area contributed by atoms with E-state index in [4.69, 9.17) is 0 Å². The molecule has 0 aliphatic carbocycles. The van der Waals surface area contributed by atoms with Crippen molar-refractivity contribution in [2.24, 2.45) is 5.41 Å². The number of hydrogen-bond acceptors (Lipinski definition) is 6. The van der Waals surface area contributed by atoms with Crippen molar-refractivity contribution >= 4 is 29.2 Å². The number of fused-ring (bicyclic) bond motifs is 1. The summed E-state index contributed by atoms with van der Waals surface area (Å²) in [6, 6.07) is 3.46. The Morgan fingerprint density at radius 2 is 1.75 bits per heavy atom. The minimum Gasteiger partial charge on any atom is -0.367 e. The lowest BCUT2D eigenvalue weighted by Crippen LogP contribution is -2.71.